The molecule has 0 spiro atoms. The molecule has 1 fully saturated rings. The molecule has 1 atom stereocenters. The van der Waals surface area contributed by atoms with Crippen LogP contribution in [-0.2, 0) is 14.7 Å². The molecule has 0 radical (unpaired) electrons. The van der Waals surface area contributed by atoms with E-state index in [2.05, 4.69) is 17.6 Å². The third-order valence-corrected chi connectivity index (χ3v) is 19.8. The Morgan fingerprint density at radius 3 is 1.96 bits per heavy atom. The van der Waals surface area contributed by atoms with E-state index in [4.69, 9.17) is 48.9 Å². The first-order valence-electron chi connectivity index (χ1n) is 6.74. The van der Waals surface area contributed by atoms with Gasteiger partial charge in [0.2, 0.25) is 0 Å². The van der Waals surface area contributed by atoms with Gasteiger partial charge >= 0.3 is 97.4 Å². The molecule has 24 heavy (non-hydrogen) atoms. The summed E-state index contributed by atoms with van der Waals surface area (Å²) in [6.07, 6.45) is 0. The maximum Gasteiger partial charge on any atom is 0.146 e. The summed E-state index contributed by atoms with van der Waals surface area (Å²) >= 11 is 19.7. The molecular formula is C11H20N4S8Zn. The van der Waals surface area contributed by atoms with Gasteiger partial charge in [-0.3, -0.25) is 0 Å². The van der Waals surface area contributed by atoms with Crippen LogP contribution >= 0.6 is 90.0 Å². The van der Waals surface area contributed by atoms with Crippen molar-refractivity contribution in [2.75, 3.05) is 34.7 Å². The van der Waals surface area contributed by atoms with Gasteiger partial charge in [0.05, 0.1) is 0 Å². The van der Waals surface area contributed by atoms with Crippen molar-refractivity contribution in [3.05, 3.63) is 0 Å². The van der Waals surface area contributed by atoms with Crippen molar-refractivity contribution in [3.8, 4) is 0 Å². The molecule has 1 unspecified atom stereocenters. The molecule has 0 aliphatic carbocycles. The van der Waals surface area contributed by atoms with E-state index >= 15 is 0 Å². The molecular weight excluding hydrogens is 510 g/mol. The SMILES string of the molecule is CC1CNC(=S)[S][Zn][S]C(=S)N1.CN(C)C(=S)SSC(=S)N(C)C. The van der Waals surface area contributed by atoms with Crippen molar-refractivity contribution in [1.82, 2.24) is 20.4 Å². The zero-order valence-electron chi connectivity index (χ0n) is 14.2. The van der Waals surface area contributed by atoms with E-state index in [1.165, 1.54) is 21.6 Å². The van der Waals surface area contributed by atoms with E-state index in [9.17, 15) is 0 Å². The molecule has 134 valence electrons. The fourth-order valence-corrected chi connectivity index (χ4v) is 16.0. The summed E-state index contributed by atoms with van der Waals surface area (Å²) in [5.41, 5.74) is 0. The van der Waals surface area contributed by atoms with Crippen LogP contribution in [-0.4, -0.2) is 67.9 Å². The maximum atomic E-state index is 5.14. The molecule has 0 bridgehead atoms. The number of nitrogens with one attached hydrogen (secondary N) is 2. The Balaban J connectivity index is 0.000000441. The largest absolute Gasteiger partial charge is 0.363 e. The Labute approximate surface area is 188 Å². The predicted octanol–water partition coefficient (Wildman–Crippen LogP) is 3.58. The van der Waals surface area contributed by atoms with Gasteiger partial charge in [-0.15, -0.1) is 0 Å². The van der Waals surface area contributed by atoms with Crippen molar-refractivity contribution >= 4 is 107 Å². The number of hydrogen-bond acceptors (Lipinski definition) is 8. The molecule has 4 nitrogen and oxygen atoms in total. The molecule has 1 saturated heterocycles. The van der Waals surface area contributed by atoms with Crippen LogP contribution < -0.4 is 10.6 Å². The van der Waals surface area contributed by atoms with Gasteiger partial charge in [0.25, 0.3) is 0 Å². The topological polar surface area (TPSA) is 30.5 Å². The van der Waals surface area contributed by atoms with E-state index in [0.29, 0.717) is 6.04 Å². The first kappa shape index (κ1) is 25.6. The van der Waals surface area contributed by atoms with Crippen LogP contribution in [0.4, 0.5) is 0 Å². The molecule has 2 N–H and O–H groups in total. The minimum Gasteiger partial charge on any atom is -0.363 e. The number of thiocarbonyl (C=S) groups is 4. The van der Waals surface area contributed by atoms with Crippen LogP contribution in [0.3, 0.4) is 0 Å². The first-order chi connectivity index (χ1) is 11.1. The third-order valence-electron chi connectivity index (χ3n) is 2.21. The van der Waals surface area contributed by atoms with E-state index in [1.54, 1.807) is 0 Å². The average molecular weight is 530 g/mol. The smallest absolute Gasteiger partial charge is 0.146 e. The standard InChI is InChI=1S/C6H12N2S4.C5H10N2S4.Zn/c1-7(2)5(9)11-12-6(10)8(3)4;1-3(7-5(10)11)2-6-4(8)9;/h1-4H3;3H,2H2,1H3,(H2,6,8,9)(H2,7,10,11);/q;;+2/p-2. The summed E-state index contributed by atoms with van der Waals surface area (Å²) in [6, 6.07) is 0.379. The summed E-state index contributed by atoms with van der Waals surface area (Å²) in [5.74, 6) is 0. The first-order valence-corrected chi connectivity index (χ1v) is 19.8. The Kier molecular flexibility index (Phi) is 15.6. The molecule has 0 aromatic rings. The second kappa shape index (κ2) is 14.6. The Morgan fingerprint density at radius 1 is 1.04 bits per heavy atom. The van der Waals surface area contributed by atoms with Crippen LogP contribution in [0.2, 0.25) is 0 Å². The van der Waals surface area contributed by atoms with Crippen LogP contribution in [0.25, 0.3) is 0 Å². The van der Waals surface area contributed by atoms with Crippen LogP contribution in [0.5, 0.6) is 0 Å². The molecule has 0 aromatic carbocycles. The van der Waals surface area contributed by atoms with Gasteiger partial charge in [0, 0.05) is 28.2 Å². The predicted molar refractivity (Wildman–Crippen MR) is 129 cm³/mol. The molecule has 0 amide bonds. The normalized spacial score (nSPS) is 17.1. The number of nitrogens with zero attached hydrogens (tertiary/aromatic N) is 2. The van der Waals surface area contributed by atoms with Crippen LogP contribution in [0.1, 0.15) is 6.92 Å². The molecule has 0 saturated carbocycles. The number of rotatable bonds is 0. The minimum atomic E-state index is -0.667. The Morgan fingerprint density at radius 2 is 1.50 bits per heavy atom. The summed E-state index contributed by atoms with van der Waals surface area (Å²) in [4.78, 5) is 3.79. The van der Waals surface area contributed by atoms with Crippen molar-refractivity contribution in [3.63, 3.8) is 0 Å². The Bertz CT molecular complexity index is 439. The summed E-state index contributed by atoms with van der Waals surface area (Å²) in [7, 11) is 14.4. The molecule has 0 aromatic heterocycles. The van der Waals surface area contributed by atoms with Gasteiger partial charge in [0.1, 0.15) is 8.64 Å². The van der Waals surface area contributed by atoms with Crippen molar-refractivity contribution in [2.45, 2.75) is 13.0 Å². The second-order valence-electron chi connectivity index (χ2n) is 4.90. The molecule has 13 heteroatoms. The van der Waals surface area contributed by atoms with Gasteiger partial charge in [-0.1, -0.05) is 24.4 Å². The summed E-state index contributed by atoms with van der Waals surface area (Å²) in [6.45, 7) is 2.97. The fourth-order valence-electron chi connectivity index (χ4n) is 0.938. The molecule has 1 rings (SSSR count). The molecule has 1 aliphatic heterocycles. The van der Waals surface area contributed by atoms with Crippen molar-refractivity contribution in [2.24, 2.45) is 0 Å². The van der Waals surface area contributed by atoms with E-state index in [-0.39, 0.29) is 0 Å². The second-order valence-corrected chi connectivity index (χ2v) is 20.0. The summed E-state index contributed by atoms with van der Waals surface area (Å²) in [5, 5.41) is 6.45. The zero-order valence-corrected chi connectivity index (χ0v) is 23.7. The van der Waals surface area contributed by atoms with Gasteiger partial charge in [-0.25, -0.2) is 0 Å². The molecule has 1 aliphatic rings. The van der Waals surface area contributed by atoms with Gasteiger partial charge < -0.3 is 9.80 Å². The molecule has 1 heterocycles. The minimum absolute atomic E-state index is 0.379. The third kappa shape index (κ3) is 13.7. The van der Waals surface area contributed by atoms with Crippen LogP contribution in [0, 0.1) is 0 Å². The van der Waals surface area contributed by atoms with Gasteiger partial charge in [-0.2, -0.15) is 0 Å². The van der Waals surface area contributed by atoms with Crippen molar-refractivity contribution < 1.29 is 14.7 Å². The van der Waals surface area contributed by atoms with Crippen molar-refractivity contribution in [1.29, 1.82) is 0 Å². The monoisotopic (exact) mass is 528 g/mol. The quantitative estimate of drug-likeness (QED) is 0.273. The summed E-state index contributed by atoms with van der Waals surface area (Å²) < 4.78 is 3.57. The number of hydrogen-bond donors (Lipinski definition) is 2. The van der Waals surface area contributed by atoms with E-state index < -0.39 is 14.7 Å². The van der Waals surface area contributed by atoms with Gasteiger partial charge in [-0.05, 0) is 21.6 Å². The zero-order chi connectivity index (χ0) is 18.7. The Hall–Kier alpha value is 1.58. The van der Waals surface area contributed by atoms with Gasteiger partial charge in [0.15, 0.2) is 0 Å². The maximum absolute atomic E-state index is 5.14. The van der Waals surface area contributed by atoms with E-state index in [0.717, 1.165) is 23.8 Å². The fraction of sp³-hybridized carbons (Fsp3) is 0.636. The van der Waals surface area contributed by atoms with E-state index in [1.807, 2.05) is 57.5 Å². The average Bonchev–Trinajstić information content (AvgIpc) is 2.56. The van der Waals surface area contributed by atoms with Crippen LogP contribution in [0.15, 0.2) is 0 Å².